The molecule has 0 saturated heterocycles. The first-order chi connectivity index (χ1) is 16.7. The van der Waals surface area contributed by atoms with Crippen LogP contribution in [0.4, 0.5) is 5.69 Å². The molecule has 1 unspecified atom stereocenters. The molecule has 35 heavy (non-hydrogen) atoms. The molecule has 0 saturated carbocycles. The number of anilines is 1. The number of nitrogens with two attached hydrogens (primary N) is 1. The highest BCUT2D eigenvalue weighted by Crippen LogP contribution is 2.47. The van der Waals surface area contributed by atoms with E-state index in [9.17, 15) is 19.6 Å². The number of esters is 2. The second-order valence-corrected chi connectivity index (χ2v) is 9.02. The van der Waals surface area contributed by atoms with E-state index < -0.39 is 23.8 Å². The van der Waals surface area contributed by atoms with E-state index in [1.807, 2.05) is 0 Å². The number of ether oxygens (including phenoxy) is 2. The van der Waals surface area contributed by atoms with Crippen LogP contribution in [0.15, 0.2) is 74.1 Å². The zero-order chi connectivity index (χ0) is 25.9. The minimum Gasteiger partial charge on any atom is -0.481 e. The van der Waals surface area contributed by atoms with Crippen molar-refractivity contribution < 1.29 is 29.0 Å². The fourth-order valence-electron chi connectivity index (χ4n) is 3.85. The molecule has 0 spiro atoms. The molecule has 2 aromatic carbocycles. The van der Waals surface area contributed by atoms with E-state index in [4.69, 9.17) is 20.3 Å². The van der Waals surface area contributed by atoms with E-state index in [1.165, 1.54) is 4.90 Å². The average Bonchev–Trinajstić information content (AvgIpc) is 2.83. The van der Waals surface area contributed by atoms with Gasteiger partial charge in [-0.2, -0.15) is 5.26 Å². The number of allylic oxidation sites excluding steroid dienone is 1. The summed E-state index contributed by atoms with van der Waals surface area (Å²) >= 11 is 6.82. The summed E-state index contributed by atoms with van der Waals surface area (Å²) in [6, 6.07) is 13.8. The predicted molar refractivity (Wildman–Crippen MR) is 133 cm³/mol. The topological polar surface area (TPSA) is 143 Å². The summed E-state index contributed by atoms with van der Waals surface area (Å²) in [6.07, 6.45) is -0.255. The summed E-state index contributed by atoms with van der Waals surface area (Å²) in [4.78, 5) is 38.7. The molecule has 0 amide bonds. The van der Waals surface area contributed by atoms with Gasteiger partial charge in [-0.05, 0) is 55.1 Å². The molecule has 0 aliphatic carbocycles. The van der Waals surface area contributed by atoms with E-state index in [0.29, 0.717) is 20.1 Å². The van der Waals surface area contributed by atoms with E-state index in [-0.39, 0.29) is 34.8 Å². The van der Waals surface area contributed by atoms with Gasteiger partial charge in [0.1, 0.15) is 11.5 Å². The molecule has 0 bridgehead atoms. The van der Waals surface area contributed by atoms with Crippen molar-refractivity contribution in [3.63, 3.8) is 0 Å². The standard InChI is InChI=1S/C24H19Br2N3O6/c1-34-23(32)19-18(13-6-4-3-5-7-13)14(11-27)22(28)29(21(19)24(33)35-2)20-15(25)8-12(9-16(20)26)10-17(30)31/h3-9,18H,10,28H2,1-2H3,(H,30,31). The number of carboxylic acid groups (broad SMARTS) is 1. The normalized spacial score (nSPS) is 15.5. The summed E-state index contributed by atoms with van der Waals surface area (Å²) in [6.45, 7) is 0. The van der Waals surface area contributed by atoms with Crippen molar-refractivity contribution in [1.82, 2.24) is 0 Å². The van der Waals surface area contributed by atoms with Crippen molar-refractivity contribution in [1.29, 1.82) is 5.26 Å². The molecule has 2 aromatic rings. The minimum atomic E-state index is -1.03. The Morgan fingerprint density at radius 1 is 1.09 bits per heavy atom. The third-order valence-electron chi connectivity index (χ3n) is 5.27. The van der Waals surface area contributed by atoms with Gasteiger partial charge in [-0.1, -0.05) is 30.3 Å². The Morgan fingerprint density at radius 2 is 1.66 bits per heavy atom. The van der Waals surface area contributed by atoms with Crippen LogP contribution in [0.1, 0.15) is 17.0 Å². The smallest absolute Gasteiger partial charge is 0.355 e. The van der Waals surface area contributed by atoms with Crippen LogP contribution in [0.5, 0.6) is 0 Å². The Kier molecular flexibility index (Phi) is 7.99. The summed E-state index contributed by atoms with van der Waals surface area (Å²) in [5, 5.41) is 19.3. The lowest BCUT2D eigenvalue weighted by molar-refractivity contribution is -0.139. The number of carbonyl (C=O) groups is 3. The fraction of sp³-hybridized carbons (Fsp3) is 0.167. The maximum Gasteiger partial charge on any atom is 0.355 e. The summed E-state index contributed by atoms with van der Waals surface area (Å²) in [7, 11) is 2.32. The first-order valence-electron chi connectivity index (χ1n) is 10.0. The fourth-order valence-corrected chi connectivity index (χ4v) is 5.49. The number of hydrogen-bond acceptors (Lipinski definition) is 8. The Morgan fingerprint density at radius 3 is 2.14 bits per heavy atom. The highest BCUT2D eigenvalue weighted by atomic mass is 79.9. The number of nitrogens with zero attached hydrogens (tertiary/aromatic N) is 2. The van der Waals surface area contributed by atoms with Crippen LogP contribution in [-0.2, 0) is 30.3 Å². The van der Waals surface area contributed by atoms with Gasteiger partial charge in [0, 0.05) is 8.95 Å². The molecule has 0 radical (unpaired) electrons. The number of hydrogen-bond donors (Lipinski definition) is 2. The average molecular weight is 605 g/mol. The lowest BCUT2D eigenvalue weighted by Gasteiger charge is -2.36. The van der Waals surface area contributed by atoms with E-state index >= 15 is 0 Å². The van der Waals surface area contributed by atoms with Crippen LogP contribution in [-0.4, -0.2) is 37.2 Å². The second kappa shape index (κ2) is 10.8. The van der Waals surface area contributed by atoms with Gasteiger partial charge in [-0.25, -0.2) is 9.59 Å². The summed E-state index contributed by atoms with van der Waals surface area (Å²) in [5.41, 5.74) is 7.39. The summed E-state index contributed by atoms with van der Waals surface area (Å²) < 4.78 is 10.7. The second-order valence-electron chi connectivity index (χ2n) is 7.31. The van der Waals surface area contributed by atoms with Gasteiger partial charge in [-0.3, -0.25) is 9.69 Å². The van der Waals surface area contributed by atoms with Crippen molar-refractivity contribution in [2.45, 2.75) is 12.3 Å². The highest BCUT2D eigenvalue weighted by Gasteiger charge is 2.43. The van der Waals surface area contributed by atoms with Gasteiger partial charge in [0.25, 0.3) is 0 Å². The van der Waals surface area contributed by atoms with Crippen LogP contribution in [0.2, 0.25) is 0 Å². The van der Waals surface area contributed by atoms with Crippen LogP contribution in [0, 0.1) is 11.3 Å². The van der Waals surface area contributed by atoms with Gasteiger partial charge in [0.15, 0.2) is 0 Å². The predicted octanol–water partition coefficient (Wildman–Crippen LogP) is 3.74. The molecule has 11 heteroatoms. The molecule has 1 aliphatic rings. The Bertz CT molecular complexity index is 1290. The van der Waals surface area contributed by atoms with Crippen LogP contribution < -0.4 is 10.6 Å². The van der Waals surface area contributed by atoms with Gasteiger partial charge in [-0.15, -0.1) is 0 Å². The lowest BCUT2D eigenvalue weighted by Crippen LogP contribution is -2.41. The van der Waals surface area contributed by atoms with Crippen molar-refractivity contribution in [2.75, 3.05) is 19.1 Å². The van der Waals surface area contributed by atoms with Crippen molar-refractivity contribution in [2.24, 2.45) is 5.73 Å². The third kappa shape index (κ3) is 4.94. The monoisotopic (exact) mass is 603 g/mol. The highest BCUT2D eigenvalue weighted by molar-refractivity contribution is 9.11. The molecule has 180 valence electrons. The van der Waals surface area contributed by atoms with Crippen molar-refractivity contribution in [3.05, 3.63) is 85.2 Å². The molecule has 0 aromatic heterocycles. The Labute approximate surface area is 217 Å². The third-order valence-corrected chi connectivity index (χ3v) is 6.47. The number of aliphatic carboxylic acids is 1. The zero-order valence-corrected chi connectivity index (χ0v) is 21.7. The van der Waals surface area contributed by atoms with Crippen molar-refractivity contribution >= 4 is 55.5 Å². The van der Waals surface area contributed by atoms with Gasteiger partial charge in [0.05, 0.1) is 49.5 Å². The Balaban J connectivity index is 2.42. The Hall–Kier alpha value is -3.62. The number of benzene rings is 2. The first-order valence-corrected chi connectivity index (χ1v) is 11.6. The van der Waals surface area contributed by atoms with Crippen LogP contribution in [0.25, 0.3) is 0 Å². The van der Waals surface area contributed by atoms with Gasteiger partial charge < -0.3 is 20.3 Å². The molecule has 9 nitrogen and oxygen atoms in total. The zero-order valence-electron chi connectivity index (χ0n) is 18.5. The summed E-state index contributed by atoms with van der Waals surface area (Å²) in [5.74, 6) is -3.88. The van der Waals surface area contributed by atoms with E-state index in [2.05, 4.69) is 37.9 Å². The van der Waals surface area contributed by atoms with E-state index in [1.54, 1.807) is 42.5 Å². The number of carboxylic acids is 1. The minimum absolute atomic E-state index is 0.0117. The van der Waals surface area contributed by atoms with Crippen LogP contribution in [0.3, 0.4) is 0 Å². The van der Waals surface area contributed by atoms with Crippen LogP contribution >= 0.6 is 31.9 Å². The number of methoxy groups -OCH3 is 2. The molecular weight excluding hydrogens is 586 g/mol. The number of halogens is 2. The number of rotatable bonds is 6. The van der Waals surface area contributed by atoms with Gasteiger partial charge in [0.2, 0.25) is 0 Å². The molecule has 1 aliphatic heterocycles. The maximum atomic E-state index is 13.1. The molecular formula is C24H19Br2N3O6. The molecule has 0 fully saturated rings. The quantitative estimate of drug-likeness (QED) is 0.471. The molecule has 3 N–H and O–H groups in total. The first kappa shape index (κ1) is 26.0. The molecule has 3 rings (SSSR count). The molecule has 1 atom stereocenters. The number of carbonyl (C=O) groups excluding carboxylic acids is 2. The van der Waals surface area contributed by atoms with E-state index in [0.717, 1.165) is 14.2 Å². The SMILES string of the molecule is COC(=O)C1=C(C(=O)OC)N(c2c(Br)cc(CC(=O)O)cc2Br)C(N)=C(C#N)C1c1ccccc1. The molecule has 1 heterocycles. The lowest BCUT2D eigenvalue weighted by atomic mass is 9.81. The van der Waals surface area contributed by atoms with Gasteiger partial charge >= 0.3 is 17.9 Å². The largest absolute Gasteiger partial charge is 0.481 e. The van der Waals surface area contributed by atoms with Crippen molar-refractivity contribution in [3.8, 4) is 6.07 Å². The maximum absolute atomic E-state index is 13.1. The number of nitriles is 1.